The van der Waals surface area contributed by atoms with E-state index in [2.05, 4.69) is 11.8 Å². The maximum atomic E-state index is 12.4. The van der Waals surface area contributed by atoms with Gasteiger partial charge >= 0.3 is 0 Å². The molecule has 92 valence electrons. The first kappa shape index (κ1) is 11.9. The quantitative estimate of drug-likeness (QED) is 0.777. The summed E-state index contributed by atoms with van der Waals surface area (Å²) in [6, 6.07) is 0.406. The van der Waals surface area contributed by atoms with E-state index in [0.717, 1.165) is 32.4 Å². The molecule has 2 atom stereocenters. The van der Waals surface area contributed by atoms with Crippen molar-refractivity contribution in [1.29, 1.82) is 0 Å². The van der Waals surface area contributed by atoms with Crippen molar-refractivity contribution in [2.45, 2.75) is 51.5 Å². The number of carbonyl (C=O) groups excluding carboxylic acids is 1. The first-order valence-electron chi connectivity index (χ1n) is 6.73. The monoisotopic (exact) mass is 224 g/mol. The van der Waals surface area contributed by atoms with Crippen LogP contribution in [0.3, 0.4) is 0 Å². The third kappa shape index (κ3) is 2.40. The highest BCUT2D eigenvalue weighted by molar-refractivity contribution is 5.79. The second-order valence-corrected chi connectivity index (χ2v) is 5.51. The molecule has 1 aliphatic carbocycles. The number of nitrogens with two attached hydrogens (primary N) is 1. The van der Waals surface area contributed by atoms with Gasteiger partial charge in [-0.25, -0.2) is 0 Å². The fourth-order valence-electron chi connectivity index (χ4n) is 3.20. The number of rotatable bonds is 2. The van der Waals surface area contributed by atoms with Crippen LogP contribution in [0.1, 0.15) is 45.4 Å². The Bertz CT molecular complexity index is 248. The second-order valence-electron chi connectivity index (χ2n) is 5.51. The minimum Gasteiger partial charge on any atom is -0.339 e. The Morgan fingerprint density at radius 3 is 2.56 bits per heavy atom. The number of likely N-dealkylation sites (tertiary alicyclic amines) is 1. The van der Waals surface area contributed by atoms with Gasteiger partial charge in [-0.1, -0.05) is 19.3 Å². The van der Waals surface area contributed by atoms with Crippen LogP contribution in [-0.4, -0.2) is 29.9 Å². The summed E-state index contributed by atoms with van der Waals surface area (Å²) in [5.41, 5.74) is 5.70. The standard InChI is InChI=1S/C13H24N2O/c1-10-7-11(8-14)9-15(10)13(16)12-5-3-2-4-6-12/h10-12H,2-9,14H2,1H3. The lowest BCUT2D eigenvalue weighted by Crippen LogP contribution is -2.39. The van der Waals surface area contributed by atoms with E-state index in [1.807, 2.05) is 0 Å². The van der Waals surface area contributed by atoms with Gasteiger partial charge in [-0.3, -0.25) is 4.79 Å². The van der Waals surface area contributed by atoms with Crippen molar-refractivity contribution in [2.24, 2.45) is 17.6 Å². The molecule has 2 fully saturated rings. The number of hydrogen-bond acceptors (Lipinski definition) is 2. The molecule has 1 aliphatic heterocycles. The van der Waals surface area contributed by atoms with Crippen molar-refractivity contribution in [1.82, 2.24) is 4.90 Å². The van der Waals surface area contributed by atoms with Crippen molar-refractivity contribution < 1.29 is 4.79 Å². The van der Waals surface area contributed by atoms with E-state index in [4.69, 9.17) is 5.73 Å². The molecule has 3 heteroatoms. The molecule has 0 aromatic heterocycles. The fraction of sp³-hybridized carbons (Fsp3) is 0.923. The summed E-state index contributed by atoms with van der Waals surface area (Å²) in [7, 11) is 0. The van der Waals surface area contributed by atoms with Crippen LogP contribution >= 0.6 is 0 Å². The summed E-state index contributed by atoms with van der Waals surface area (Å²) in [4.78, 5) is 14.4. The number of carbonyl (C=O) groups is 1. The van der Waals surface area contributed by atoms with E-state index < -0.39 is 0 Å². The fourth-order valence-corrected chi connectivity index (χ4v) is 3.20. The van der Waals surface area contributed by atoms with Crippen LogP contribution in [0.25, 0.3) is 0 Å². The highest BCUT2D eigenvalue weighted by Gasteiger charge is 2.35. The van der Waals surface area contributed by atoms with Gasteiger partial charge in [0.25, 0.3) is 0 Å². The zero-order chi connectivity index (χ0) is 11.5. The molecule has 1 amide bonds. The smallest absolute Gasteiger partial charge is 0.225 e. The zero-order valence-electron chi connectivity index (χ0n) is 10.3. The highest BCUT2D eigenvalue weighted by atomic mass is 16.2. The SMILES string of the molecule is CC1CC(CN)CN1C(=O)C1CCCCC1. The molecular weight excluding hydrogens is 200 g/mol. The van der Waals surface area contributed by atoms with Crippen LogP contribution in [0.2, 0.25) is 0 Å². The van der Waals surface area contributed by atoms with Crippen molar-refractivity contribution in [3.8, 4) is 0 Å². The van der Waals surface area contributed by atoms with Gasteiger partial charge in [-0.2, -0.15) is 0 Å². The van der Waals surface area contributed by atoms with Gasteiger partial charge in [-0.05, 0) is 38.6 Å². The average molecular weight is 224 g/mol. The Balaban J connectivity index is 1.93. The van der Waals surface area contributed by atoms with Crippen molar-refractivity contribution >= 4 is 5.91 Å². The summed E-state index contributed by atoms with van der Waals surface area (Å²) in [5, 5.41) is 0. The van der Waals surface area contributed by atoms with Crippen molar-refractivity contribution in [3.63, 3.8) is 0 Å². The van der Waals surface area contributed by atoms with Gasteiger partial charge in [0.2, 0.25) is 5.91 Å². The molecule has 2 unspecified atom stereocenters. The van der Waals surface area contributed by atoms with Crippen LogP contribution in [0.5, 0.6) is 0 Å². The number of amides is 1. The van der Waals surface area contributed by atoms with Gasteiger partial charge < -0.3 is 10.6 Å². The molecule has 2 rings (SSSR count). The van der Waals surface area contributed by atoms with Gasteiger partial charge in [0.05, 0.1) is 0 Å². The topological polar surface area (TPSA) is 46.3 Å². The molecule has 2 aliphatic rings. The molecule has 0 radical (unpaired) electrons. The molecule has 0 bridgehead atoms. The van der Waals surface area contributed by atoms with E-state index in [-0.39, 0.29) is 0 Å². The van der Waals surface area contributed by atoms with Crippen LogP contribution < -0.4 is 5.73 Å². The normalized spacial score (nSPS) is 32.0. The lowest BCUT2D eigenvalue weighted by molar-refractivity contribution is -0.137. The van der Waals surface area contributed by atoms with Crippen molar-refractivity contribution in [3.05, 3.63) is 0 Å². The molecule has 0 spiro atoms. The minimum absolute atomic E-state index is 0.313. The van der Waals surface area contributed by atoms with Crippen LogP contribution in [0.4, 0.5) is 0 Å². The predicted molar refractivity (Wildman–Crippen MR) is 64.9 cm³/mol. The maximum absolute atomic E-state index is 12.4. The molecule has 3 nitrogen and oxygen atoms in total. The summed E-state index contributed by atoms with van der Waals surface area (Å²) in [6.07, 6.45) is 7.09. The molecule has 0 aromatic carbocycles. The Hall–Kier alpha value is -0.570. The molecule has 2 N–H and O–H groups in total. The van der Waals surface area contributed by atoms with Gasteiger partial charge in [0, 0.05) is 18.5 Å². The van der Waals surface area contributed by atoms with E-state index in [0.29, 0.717) is 23.8 Å². The van der Waals surface area contributed by atoms with Gasteiger partial charge in [0.15, 0.2) is 0 Å². The van der Waals surface area contributed by atoms with Crippen LogP contribution in [0.15, 0.2) is 0 Å². The average Bonchev–Trinajstić information content (AvgIpc) is 2.71. The Kier molecular flexibility index (Phi) is 3.85. The zero-order valence-corrected chi connectivity index (χ0v) is 10.3. The molecule has 0 aromatic rings. The first-order chi connectivity index (χ1) is 7.72. The number of nitrogens with zero attached hydrogens (tertiary/aromatic N) is 1. The van der Waals surface area contributed by atoms with E-state index in [1.165, 1.54) is 19.3 Å². The summed E-state index contributed by atoms with van der Waals surface area (Å²) < 4.78 is 0. The van der Waals surface area contributed by atoms with Crippen LogP contribution in [-0.2, 0) is 4.79 Å². The van der Waals surface area contributed by atoms with E-state index in [1.54, 1.807) is 0 Å². The highest BCUT2D eigenvalue weighted by Crippen LogP contribution is 2.30. The molecule has 1 saturated heterocycles. The van der Waals surface area contributed by atoms with E-state index >= 15 is 0 Å². The molecule has 1 heterocycles. The maximum Gasteiger partial charge on any atom is 0.225 e. The largest absolute Gasteiger partial charge is 0.339 e. The van der Waals surface area contributed by atoms with Crippen molar-refractivity contribution in [2.75, 3.05) is 13.1 Å². The first-order valence-corrected chi connectivity index (χ1v) is 6.73. The summed E-state index contributed by atoms with van der Waals surface area (Å²) >= 11 is 0. The Morgan fingerprint density at radius 2 is 2.00 bits per heavy atom. The van der Waals surface area contributed by atoms with Crippen LogP contribution in [0, 0.1) is 11.8 Å². The minimum atomic E-state index is 0.313. The second kappa shape index (κ2) is 5.17. The molecule has 1 saturated carbocycles. The summed E-state index contributed by atoms with van der Waals surface area (Å²) in [6.45, 7) is 3.78. The lowest BCUT2D eigenvalue weighted by Gasteiger charge is -2.29. The Morgan fingerprint density at radius 1 is 1.31 bits per heavy atom. The number of hydrogen-bond donors (Lipinski definition) is 1. The Labute approximate surface area is 98.4 Å². The summed E-state index contributed by atoms with van der Waals surface area (Å²) in [5.74, 6) is 1.25. The third-order valence-corrected chi connectivity index (χ3v) is 4.23. The molecular formula is C13H24N2O. The lowest BCUT2D eigenvalue weighted by atomic mass is 9.88. The molecule has 16 heavy (non-hydrogen) atoms. The third-order valence-electron chi connectivity index (χ3n) is 4.23. The van der Waals surface area contributed by atoms with Gasteiger partial charge in [0.1, 0.15) is 0 Å². The predicted octanol–water partition coefficient (Wildman–Crippen LogP) is 1.76. The van der Waals surface area contributed by atoms with Gasteiger partial charge in [-0.15, -0.1) is 0 Å². The van der Waals surface area contributed by atoms with E-state index in [9.17, 15) is 4.79 Å².